The average molecular weight is 238 g/mol. The van der Waals surface area contributed by atoms with Gasteiger partial charge in [0.2, 0.25) is 5.95 Å². The van der Waals surface area contributed by atoms with Gasteiger partial charge in [-0.15, -0.1) is 5.10 Å². The Balaban J connectivity index is 1.68. The quantitative estimate of drug-likeness (QED) is 0.689. The Morgan fingerprint density at radius 3 is 2.82 bits per heavy atom. The minimum Gasteiger partial charge on any atom is -0.367 e. The van der Waals surface area contributed by atoms with Crippen LogP contribution >= 0.6 is 0 Å². The van der Waals surface area contributed by atoms with E-state index in [0.29, 0.717) is 18.5 Å². The first-order valence-electron chi connectivity index (χ1n) is 6.36. The van der Waals surface area contributed by atoms with E-state index >= 15 is 0 Å². The van der Waals surface area contributed by atoms with E-state index in [-0.39, 0.29) is 0 Å². The maximum atomic E-state index is 5.44. The highest BCUT2D eigenvalue weighted by Crippen LogP contribution is 2.08. The molecule has 0 aliphatic carbocycles. The zero-order valence-corrected chi connectivity index (χ0v) is 10.4. The van der Waals surface area contributed by atoms with Crippen LogP contribution in [0.5, 0.6) is 0 Å². The van der Waals surface area contributed by atoms with Crippen LogP contribution in [-0.4, -0.2) is 45.8 Å². The Labute approximate surface area is 102 Å². The fourth-order valence-electron chi connectivity index (χ4n) is 2.25. The van der Waals surface area contributed by atoms with Gasteiger partial charge in [0, 0.05) is 12.6 Å². The molecule has 1 aromatic rings. The number of rotatable bonds is 5. The first-order valence-corrected chi connectivity index (χ1v) is 6.36. The number of nitrogens with zero attached hydrogens (tertiary/aromatic N) is 3. The van der Waals surface area contributed by atoms with Gasteiger partial charge in [-0.2, -0.15) is 4.98 Å². The Bertz CT molecular complexity index is 330. The fraction of sp³-hybridized carbons (Fsp3) is 0.818. The second-order valence-corrected chi connectivity index (χ2v) is 4.78. The van der Waals surface area contributed by atoms with Crippen molar-refractivity contribution in [3.8, 4) is 0 Å². The van der Waals surface area contributed by atoms with Crippen molar-refractivity contribution < 1.29 is 0 Å². The summed E-state index contributed by atoms with van der Waals surface area (Å²) in [6.45, 7) is 6.47. The smallest absolute Gasteiger partial charge is 0.239 e. The van der Waals surface area contributed by atoms with Crippen LogP contribution in [0.15, 0.2) is 0 Å². The van der Waals surface area contributed by atoms with Crippen molar-refractivity contribution in [2.75, 3.05) is 25.4 Å². The summed E-state index contributed by atoms with van der Waals surface area (Å²) >= 11 is 0. The van der Waals surface area contributed by atoms with E-state index in [9.17, 15) is 0 Å². The summed E-state index contributed by atoms with van der Waals surface area (Å²) in [4.78, 5) is 6.59. The number of nitrogen functional groups attached to an aromatic ring is 1. The number of likely N-dealkylation sites (tertiary alicyclic amines) is 1. The highest BCUT2D eigenvalue weighted by atomic mass is 15.3. The lowest BCUT2D eigenvalue weighted by Gasteiger charge is -2.29. The van der Waals surface area contributed by atoms with Crippen LogP contribution in [0.3, 0.4) is 0 Å². The van der Waals surface area contributed by atoms with E-state index in [4.69, 9.17) is 5.73 Å². The van der Waals surface area contributed by atoms with E-state index < -0.39 is 0 Å². The molecule has 0 bridgehead atoms. The molecular formula is C11H22N6. The fourth-order valence-corrected chi connectivity index (χ4v) is 2.25. The number of piperidine rings is 1. The number of hydrogen-bond acceptors (Lipinski definition) is 5. The van der Waals surface area contributed by atoms with Gasteiger partial charge in [-0.1, -0.05) is 6.42 Å². The molecule has 0 amide bonds. The summed E-state index contributed by atoms with van der Waals surface area (Å²) in [5, 5.41) is 10.0. The molecule has 1 unspecified atom stereocenters. The molecule has 0 aromatic carbocycles. The Hall–Kier alpha value is -1.14. The van der Waals surface area contributed by atoms with Gasteiger partial charge < -0.3 is 16.0 Å². The van der Waals surface area contributed by atoms with Crippen LogP contribution in [0.2, 0.25) is 0 Å². The molecule has 6 heteroatoms. The van der Waals surface area contributed by atoms with Gasteiger partial charge in [0.1, 0.15) is 5.82 Å². The number of H-pyrrole nitrogens is 1. The van der Waals surface area contributed by atoms with Gasteiger partial charge in [0.15, 0.2) is 0 Å². The zero-order chi connectivity index (χ0) is 12.1. The van der Waals surface area contributed by atoms with Crippen LogP contribution < -0.4 is 11.1 Å². The molecule has 1 aliphatic rings. The molecule has 17 heavy (non-hydrogen) atoms. The van der Waals surface area contributed by atoms with Crippen molar-refractivity contribution in [2.45, 2.75) is 38.8 Å². The molecule has 0 radical (unpaired) electrons. The highest BCUT2D eigenvalue weighted by Gasteiger charge is 2.13. The summed E-state index contributed by atoms with van der Waals surface area (Å²) in [5.41, 5.74) is 5.44. The third kappa shape index (κ3) is 3.98. The molecule has 2 rings (SSSR count). The minimum atomic E-state index is 0.311. The standard InChI is InChI=1S/C11H22N6/c1-9(8-17-5-3-2-4-6-17)13-7-10-14-11(12)16-15-10/h9,13H,2-8H2,1H3,(H3,12,14,15,16). The predicted octanol–water partition coefficient (Wildman–Crippen LogP) is 0.351. The molecule has 0 spiro atoms. The summed E-state index contributed by atoms with van der Waals surface area (Å²) in [6.07, 6.45) is 4.06. The number of hydrogen-bond donors (Lipinski definition) is 3. The minimum absolute atomic E-state index is 0.311. The SMILES string of the molecule is CC(CN1CCCCC1)NCc1nc(N)n[nH]1. The van der Waals surface area contributed by atoms with Crippen LogP contribution in [-0.2, 0) is 6.54 Å². The van der Waals surface area contributed by atoms with E-state index in [1.807, 2.05) is 0 Å². The predicted molar refractivity (Wildman–Crippen MR) is 67.4 cm³/mol. The number of nitrogens with two attached hydrogens (primary N) is 1. The summed E-state index contributed by atoms with van der Waals surface area (Å²) in [6, 6.07) is 0.458. The molecule has 2 heterocycles. The van der Waals surface area contributed by atoms with Gasteiger partial charge in [-0.3, -0.25) is 5.10 Å². The molecule has 96 valence electrons. The normalized spacial score (nSPS) is 19.4. The van der Waals surface area contributed by atoms with Crippen molar-refractivity contribution in [3.63, 3.8) is 0 Å². The van der Waals surface area contributed by atoms with Crippen molar-refractivity contribution in [1.29, 1.82) is 0 Å². The average Bonchev–Trinajstić information content (AvgIpc) is 2.74. The maximum Gasteiger partial charge on any atom is 0.239 e. The molecule has 1 saturated heterocycles. The molecule has 4 N–H and O–H groups in total. The second kappa shape index (κ2) is 5.97. The van der Waals surface area contributed by atoms with Crippen LogP contribution in [0.1, 0.15) is 32.0 Å². The van der Waals surface area contributed by atoms with Crippen molar-refractivity contribution >= 4 is 5.95 Å². The lowest BCUT2D eigenvalue weighted by molar-refractivity contribution is 0.208. The summed E-state index contributed by atoms with van der Waals surface area (Å²) in [7, 11) is 0. The topological polar surface area (TPSA) is 82.9 Å². The third-order valence-electron chi connectivity index (χ3n) is 3.15. The largest absolute Gasteiger partial charge is 0.367 e. The molecule has 1 aliphatic heterocycles. The number of aromatic nitrogens is 3. The highest BCUT2D eigenvalue weighted by molar-refractivity contribution is 5.12. The lowest BCUT2D eigenvalue weighted by atomic mass is 10.1. The Morgan fingerprint density at radius 2 is 2.18 bits per heavy atom. The van der Waals surface area contributed by atoms with Gasteiger partial charge in [0.05, 0.1) is 6.54 Å². The summed E-state index contributed by atoms with van der Waals surface area (Å²) in [5.74, 6) is 1.11. The van der Waals surface area contributed by atoms with Crippen LogP contribution in [0, 0.1) is 0 Å². The van der Waals surface area contributed by atoms with E-state index in [1.165, 1.54) is 32.4 Å². The lowest BCUT2D eigenvalue weighted by Crippen LogP contribution is -2.41. The first kappa shape index (κ1) is 12.3. The van der Waals surface area contributed by atoms with Gasteiger partial charge in [-0.25, -0.2) is 0 Å². The zero-order valence-electron chi connectivity index (χ0n) is 10.4. The molecule has 1 fully saturated rings. The molecule has 1 atom stereocenters. The third-order valence-corrected chi connectivity index (χ3v) is 3.15. The van der Waals surface area contributed by atoms with Crippen molar-refractivity contribution in [1.82, 2.24) is 25.4 Å². The van der Waals surface area contributed by atoms with E-state index in [2.05, 4.69) is 32.3 Å². The summed E-state index contributed by atoms with van der Waals surface area (Å²) < 4.78 is 0. The monoisotopic (exact) mass is 238 g/mol. The van der Waals surface area contributed by atoms with Crippen molar-refractivity contribution in [3.05, 3.63) is 5.82 Å². The number of nitrogens with one attached hydrogen (secondary N) is 2. The van der Waals surface area contributed by atoms with E-state index in [1.54, 1.807) is 0 Å². The number of aromatic amines is 1. The molecular weight excluding hydrogens is 216 g/mol. The Kier molecular flexibility index (Phi) is 4.33. The molecule has 0 saturated carbocycles. The molecule has 1 aromatic heterocycles. The van der Waals surface area contributed by atoms with Gasteiger partial charge in [-0.05, 0) is 32.9 Å². The second-order valence-electron chi connectivity index (χ2n) is 4.78. The maximum absolute atomic E-state index is 5.44. The van der Waals surface area contributed by atoms with E-state index in [0.717, 1.165) is 12.4 Å². The van der Waals surface area contributed by atoms with Gasteiger partial charge in [0.25, 0.3) is 0 Å². The van der Waals surface area contributed by atoms with Gasteiger partial charge >= 0.3 is 0 Å². The number of anilines is 1. The Morgan fingerprint density at radius 1 is 1.41 bits per heavy atom. The molecule has 6 nitrogen and oxygen atoms in total. The first-order chi connectivity index (χ1) is 8.24. The van der Waals surface area contributed by atoms with Crippen LogP contribution in [0.25, 0.3) is 0 Å². The van der Waals surface area contributed by atoms with Crippen LogP contribution in [0.4, 0.5) is 5.95 Å². The van der Waals surface area contributed by atoms with Crippen molar-refractivity contribution in [2.24, 2.45) is 0 Å².